The minimum Gasteiger partial charge on any atom is -0.393 e. The average molecular weight is 217 g/mol. The molecule has 1 aliphatic heterocycles. The van der Waals surface area contributed by atoms with Crippen LogP contribution in [0.3, 0.4) is 0 Å². The van der Waals surface area contributed by atoms with E-state index in [4.69, 9.17) is 4.74 Å². The van der Waals surface area contributed by atoms with E-state index in [0.29, 0.717) is 0 Å². The van der Waals surface area contributed by atoms with E-state index in [-0.39, 0.29) is 18.6 Å². The van der Waals surface area contributed by atoms with Gasteiger partial charge in [0, 0.05) is 19.2 Å². The van der Waals surface area contributed by atoms with E-state index in [0.717, 1.165) is 5.56 Å². The Balaban J connectivity index is 2.07. The van der Waals surface area contributed by atoms with Crippen molar-refractivity contribution in [2.24, 2.45) is 4.99 Å². The Morgan fingerprint density at radius 3 is 3.00 bits per heavy atom. The number of ether oxygens (including phenoxy) is 1. The van der Waals surface area contributed by atoms with Gasteiger partial charge in [0.05, 0.1) is 12.6 Å². The quantitative estimate of drug-likeness (QED) is 0.810. The number of nitrogens with zero attached hydrogens (tertiary/aromatic N) is 1. The lowest BCUT2D eigenvalue weighted by Gasteiger charge is -2.12. The molecule has 16 heavy (non-hydrogen) atoms. The highest BCUT2D eigenvalue weighted by molar-refractivity contribution is 5.86. The Morgan fingerprint density at radius 2 is 2.31 bits per heavy atom. The van der Waals surface area contributed by atoms with Crippen molar-refractivity contribution < 1.29 is 9.84 Å². The number of aliphatic hydroxyl groups excluding tert-OH is 1. The van der Waals surface area contributed by atoms with Crippen molar-refractivity contribution in [2.75, 3.05) is 13.7 Å². The summed E-state index contributed by atoms with van der Waals surface area (Å²) in [5, 5.41) is 9.47. The molecular formula is C13H15NO2. The monoisotopic (exact) mass is 217 g/mol. The van der Waals surface area contributed by atoms with E-state index in [1.807, 2.05) is 6.21 Å². The van der Waals surface area contributed by atoms with E-state index in [1.54, 1.807) is 7.11 Å². The molecule has 1 aliphatic carbocycles. The lowest BCUT2D eigenvalue weighted by atomic mass is 9.98. The third-order valence-corrected chi connectivity index (χ3v) is 3.81. The van der Waals surface area contributed by atoms with Gasteiger partial charge in [-0.3, -0.25) is 4.99 Å². The van der Waals surface area contributed by atoms with E-state index >= 15 is 0 Å². The molecule has 0 bridgehead atoms. The average Bonchev–Trinajstić information content (AvgIpc) is 2.97. The van der Waals surface area contributed by atoms with Crippen LogP contribution in [-0.4, -0.2) is 36.7 Å². The minimum atomic E-state index is -0.475. The molecule has 1 aromatic carbocycles. The largest absolute Gasteiger partial charge is 0.393 e. The van der Waals surface area contributed by atoms with Gasteiger partial charge < -0.3 is 9.84 Å². The van der Waals surface area contributed by atoms with E-state index in [1.165, 1.54) is 11.1 Å². The van der Waals surface area contributed by atoms with Gasteiger partial charge in [0.1, 0.15) is 5.60 Å². The third kappa shape index (κ3) is 1.07. The van der Waals surface area contributed by atoms with Crippen molar-refractivity contribution in [3.05, 3.63) is 34.9 Å². The number of aliphatic hydroxyl groups is 1. The normalized spacial score (nSPS) is 34.4. The Hall–Kier alpha value is -1.19. The molecule has 1 aromatic rings. The van der Waals surface area contributed by atoms with Crippen molar-refractivity contribution in [1.29, 1.82) is 0 Å². The number of aryl methyl sites for hydroxylation is 1. The van der Waals surface area contributed by atoms with Gasteiger partial charge in [-0.25, -0.2) is 0 Å². The molecule has 3 nitrogen and oxygen atoms in total. The number of aliphatic imine (C=N–C) groups is 1. The molecule has 3 unspecified atom stereocenters. The second-order valence-corrected chi connectivity index (χ2v) is 4.65. The maximum Gasteiger partial charge on any atom is 0.123 e. The molecule has 2 aliphatic rings. The summed E-state index contributed by atoms with van der Waals surface area (Å²) in [6.07, 6.45) is 1.90. The van der Waals surface area contributed by atoms with Crippen LogP contribution in [0.1, 0.15) is 22.6 Å². The fourth-order valence-electron chi connectivity index (χ4n) is 2.80. The first-order chi connectivity index (χ1) is 7.73. The molecule has 1 heterocycles. The maximum absolute atomic E-state index is 9.47. The van der Waals surface area contributed by atoms with Crippen LogP contribution in [0.4, 0.5) is 0 Å². The number of hydrogen-bond acceptors (Lipinski definition) is 3. The predicted molar refractivity (Wildman–Crippen MR) is 62.1 cm³/mol. The smallest absolute Gasteiger partial charge is 0.123 e. The second kappa shape index (κ2) is 3.15. The zero-order valence-electron chi connectivity index (χ0n) is 9.47. The van der Waals surface area contributed by atoms with Gasteiger partial charge >= 0.3 is 0 Å². The molecular weight excluding hydrogens is 202 g/mol. The summed E-state index contributed by atoms with van der Waals surface area (Å²) >= 11 is 0. The minimum absolute atomic E-state index is 0.0312. The molecule has 0 aromatic heterocycles. The van der Waals surface area contributed by atoms with Crippen molar-refractivity contribution in [3.63, 3.8) is 0 Å². The molecule has 3 atom stereocenters. The molecule has 0 saturated heterocycles. The predicted octanol–water partition coefficient (Wildman–Crippen LogP) is 1.27. The highest BCUT2D eigenvalue weighted by Gasteiger charge is 2.67. The van der Waals surface area contributed by atoms with Crippen LogP contribution in [0.2, 0.25) is 0 Å². The summed E-state index contributed by atoms with van der Waals surface area (Å²) in [6, 6.07) is 6.46. The SMILES string of the molecule is COC1(CO)C2N=Cc3cc(C)ccc3C21. The van der Waals surface area contributed by atoms with Gasteiger partial charge in [0.2, 0.25) is 0 Å². The molecule has 0 amide bonds. The van der Waals surface area contributed by atoms with Crippen LogP contribution in [0.25, 0.3) is 0 Å². The Labute approximate surface area is 94.8 Å². The first-order valence-electron chi connectivity index (χ1n) is 5.52. The summed E-state index contributed by atoms with van der Waals surface area (Å²) in [5.41, 5.74) is 3.17. The van der Waals surface area contributed by atoms with Crippen molar-refractivity contribution in [1.82, 2.24) is 0 Å². The molecule has 3 rings (SSSR count). The summed E-state index contributed by atoms with van der Waals surface area (Å²) in [4.78, 5) is 4.47. The molecule has 1 N–H and O–H groups in total. The van der Waals surface area contributed by atoms with Gasteiger partial charge in [0.25, 0.3) is 0 Å². The van der Waals surface area contributed by atoms with Crippen LogP contribution in [-0.2, 0) is 4.74 Å². The van der Waals surface area contributed by atoms with Crippen molar-refractivity contribution in [2.45, 2.75) is 24.5 Å². The molecule has 3 heteroatoms. The lowest BCUT2D eigenvalue weighted by Crippen LogP contribution is -2.22. The zero-order valence-corrected chi connectivity index (χ0v) is 9.47. The summed E-state index contributed by atoms with van der Waals surface area (Å²) < 4.78 is 5.47. The number of hydrogen-bond donors (Lipinski definition) is 1. The number of rotatable bonds is 2. The maximum atomic E-state index is 9.47. The van der Waals surface area contributed by atoms with E-state index < -0.39 is 5.60 Å². The molecule has 1 fully saturated rings. The Morgan fingerprint density at radius 1 is 1.50 bits per heavy atom. The van der Waals surface area contributed by atoms with Gasteiger partial charge in [-0.1, -0.05) is 23.8 Å². The lowest BCUT2D eigenvalue weighted by molar-refractivity contribution is 0.0198. The van der Waals surface area contributed by atoms with E-state index in [9.17, 15) is 5.11 Å². The molecule has 0 radical (unpaired) electrons. The van der Waals surface area contributed by atoms with E-state index in [2.05, 4.69) is 30.1 Å². The highest BCUT2D eigenvalue weighted by Crippen LogP contribution is 2.58. The van der Waals surface area contributed by atoms with Crippen molar-refractivity contribution in [3.8, 4) is 0 Å². The highest BCUT2D eigenvalue weighted by atomic mass is 16.5. The summed E-state index contributed by atoms with van der Waals surface area (Å²) in [5.74, 6) is 0.225. The van der Waals surface area contributed by atoms with Crippen LogP contribution in [0.5, 0.6) is 0 Å². The Kier molecular flexibility index (Phi) is 1.97. The fourth-order valence-corrected chi connectivity index (χ4v) is 2.80. The van der Waals surface area contributed by atoms with Crippen LogP contribution < -0.4 is 0 Å². The summed E-state index contributed by atoms with van der Waals surface area (Å²) in [6.45, 7) is 2.10. The topological polar surface area (TPSA) is 41.8 Å². The fraction of sp³-hybridized carbons (Fsp3) is 0.462. The second-order valence-electron chi connectivity index (χ2n) is 4.65. The molecule has 1 saturated carbocycles. The van der Waals surface area contributed by atoms with Crippen LogP contribution >= 0.6 is 0 Å². The van der Waals surface area contributed by atoms with Crippen LogP contribution in [0, 0.1) is 6.92 Å². The molecule has 84 valence electrons. The van der Waals surface area contributed by atoms with Crippen LogP contribution in [0.15, 0.2) is 23.2 Å². The van der Waals surface area contributed by atoms with Gasteiger partial charge in [0.15, 0.2) is 0 Å². The van der Waals surface area contributed by atoms with Gasteiger partial charge in [-0.05, 0) is 18.1 Å². The third-order valence-electron chi connectivity index (χ3n) is 3.81. The number of methoxy groups -OCH3 is 1. The Bertz CT molecular complexity index is 463. The molecule has 0 spiro atoms. The van der Waals surface area contributed by atoms with Crippen molar-refractivity contribution >= 4 is 6.21 Å². The van der Waals surface area contributed by atoms with Gasteiger partial charge in [-0.2, -0.15) is 0 Å². The first kappa shape index (κ1) is 10.00. The van der Waals surface area contributed by atoms with Gasteiger partial charge in [-0.15, -0.1) is 0 Å². The number of fused-ring (bicyclic) bond motifs is 3. The number of benzene rings is 1. The summed E-state index contributed by atoms with van der Waals surface area (Å²) in [7, 11) is 1.65. The first-order valence-corrected chi connectivity index (χ1v) is 5.52. The standard InChI is InChI=1S/C13H15NO2/c1-8-3-4-10-9(5-8)6-14-12-11(10)13(12,7-15)16-2/h3-6,11-12,15H,7H2,1-2H3. The zero-order chi connectivity index (χ0) is 11.3.